The number of fused-ring (bicyclic) bond motifs is 1. The van der Waals surface area contributed by atoms with Crippen molar-refractivity contribution in [1.29, 1.82) is 0 Å². The topological polar surface area (TPSA) is 32.7 Å². The van der Waals surface area contributed by atoms with E-state index in [2.05, 4.69) is 24.3 Å². The lowest BCUT2D eigenvalue weighted by molar-refractivity contribution is 0.0977. The lowest BCUT2D eigenvalue weighted by Crippen LogP contribution is -2.35. The Labute approximate surface area is 182 Å². The minimum Gasteiger partial charge on any atom is -0.298 e. The summed E-state index contributed by atoms with van der Waals surface area (Å²) in [5.74, 6) is -0.0218. The molecule has 31 heavy (non-hydrogen) atoms. The monoisotopic (exact) mass is 402 g/mol. The zero-order valence-electron chi connectivity index (χ0n) is 17.1. The molecule has 5 rings (SSSR count). The van der Waals surface area contributed by atoms with Crippen LogP contribution in [0.3, 0.4) is 0 Å². The van der Waals surface area contributed by atoms with Gasteiger partial charge in [-0.3, -0.25) is 14.7 Å². The van der Waals surface area contributed by atoms with Crippen LogP contribution in [0, 0.1) is 0 Å². The number of rotatable bonds is 3. The highest BCUT2D eigenvalue weighted by atomic mass is 16.2. The van der Waals surface area contributed by atoms with Crippen molar-refractivity contribution in [3.63, 3.8) is 0 Å². The summed E-state index contributed by atoms with van der Waals surface area (Å²) in [6, 6.07) is 37.7. The van der Waals surface area contributed by atoms with Crippen LogP contribution in [0.1, 0.15) is 33.9 Å². The lowest BCUT2D eigenvalue weighted by atomic mass is 9.95. The molecule has 4 aromatic rings. The van der Waals surface area contributed by atoms with E-state index in [1.807, 2.05) is 95.9 Å². The van der Waals surface area contributed by atoms with Crippen molar-refractivity contribution in [3.05, 3.63) is 132 Å². The molecule has 0 saturated carbocycles. The maximum absolute atomic E-state index is 13.8. The van der Waals surface area contributed by atoms with Gasteiger partial charge in [0, 0.05) is 12.0 Å². The maximum Gasteiger partial charge on any atom is 0.258 e. The average molecular weight is 402 g/mol. The van der Waals surface area contributed by atoms with Crippen LogP contribution in [0.4, 0.5) is 11.4 Å². The summed E-state index contributed by atoms with van der Waals surface area (Å²) in [5.41, 5.74) is 5.45. The number of amides is 1. The number of carbonyl (C=O) groups is 1. The zero-order chi connectivity index (χ0) is 21.0. The summed E-state index contributed by atoms with van der Waals surface area (Å²) >= 11 is 0. The van der Waals surface area contributed by atoms with Gasteiger partial charge < -0.3 is 0 Å². The van der Waals surface area contributed by atoms with Gasteiger partial charge in [-0.2, -0.15) is 0 Å². The minimum absolute atomic E-state index is 0.0218. The molecule has 3 nitrogen and oxygen atoms in total. The average Bonchev–Trinajstić information content (AvgIpc) is 3.02. The Balaban J connectivity index is 1.70. The molecule has 0 unspecified atom stereocenters. The zero-order valence-corrected chi connectivity index (χ0v) is 17.1. The fraction of sp³-hybridized carbons (Fsp3) is 0.0714. The third-order valence-corrected chi connectivity index (χ3v) is 5.63. The van der Waals surface area contributed by atoms with Crippen molar-refractivity contribution in [3.8, 4) is 0 Å². The molecule has 4 aromatic carbocycles. The van der Waals surface area contributed by atoms with Gasteiger partial charge in [0.25, 0.3) is 5.91 Å². The van der Waals surface area contributed by atoms with Gasteiger partial charge in [-0.25, -0.2) is 0 Å². The Morgan fingerprint density at radius 3 is 2.00 bits per heavy atom. The van der Waals surface area contributed by atoms with Crippen LogP contribution >= 0.6 is 0 Å². The Hall–Kier alpha value is -3.98. The van der Waals surface area contributed by atoms with Crippen molar-refractivity contribution < 1.29 is 4.79 Å². The highest BCUT2D eigenvalue weighted by Gasteiger charge is 2.32. The van der Waals surface area contributed by atoms with Gasteiger partial charge in [-0.1, -0.05) is 91.0 Å². The summed E-state index contributed by atoms with van der Waals surface area (Å²) in [4.78, 5) is 20.8. The molecule has 0 spiro atoms. The molecule has 150 valence electrons. The van der Waals surface area contributed by atoms with Crippen LogP contribution < -0.4 is 4.90 Å². The molecule has 0 aliphatic carbocycles. The number of nitrogens with zero attached hydrogens (tertiary/aromatic N) is 2. The van der Waals surface area contributed by atoms with Gasteiger partial charge in [0.2, 0.25) is 0 Å². The van der Waals surface area contributed by atoms with Crippen LogP contribution in [0.5, 0.6) is 0 Å². The van der Waals surface area contributed by atoms with Crippen molar-refractivity contribution in [2.24, 2.45) is 4.99 Å². The van der Waals surface area contributed by atoms with Gasteiger partial charge in [0.1, 0.15) is 0 Å². The minimum atomic E-state index is -0.170. The standard InChI is InChI=1S/C28H22N2O/c31-28(23-16-8-3-9-17-23)30-26-19-11-10-18-24(26)29-25(21-12-4-1-5-13-21)20-27(30)22-14-6-2-7-15-22/h1-19,27H,20H2/t27-/m1/s1. The lowest BCUT2D eigenvalue weighted by Gasteiger charge is -2.32. The van der Waals surface area contributed by atoms with Crippen LogP contribution in [0.2, 0.25) is 0 Å². The summed E-state index contributed by atoms with van der Waals surface area (Å²) < 4.78 is 0. The van der Waals surface area contributed by atoms with E-state index in [-0.39, 0.29) is 11.9 Å². The molecule has 1 aliphatic rings. The molecule has 0 bridgehead atoms. The first-order valence-electron chi connectivity index (χ1n) is 10.5. The smallest absolute Gasteiger partial charge is 0.258 e. The number of para-hydroxylation sites is 2. The molecule has 3 heteroatoms. The van der Waals surface area contributed by atoms with Crippen LogP contribution in [-0.2, 0) is 0 Å². The summed E-state index contributed by atoms with van der Waals surface area (Å²) in [6.07, 6.45) is 0.626. The molecule has 1 atom stereocenters. The second kappa shape index (κ2) is 8.41. The van der Waals surface area contributed by atoms with Gasteiger partial charge in [0.05, 0.1) is 23.1 Å². The highest BCUT2D eigenvalue weighted by Crippen LogP contribution is 2.41. The van der Waals surface area contributed by atoms with Crippen molar-refractivity contribution in [1.82, 2.24) is 0 Å². The van der Waals surface area contributed by atoms with E-state index < -0.39 is 0 Å². The van der Waals surface area contributed by atoms with E-state index in [0.717, 1.165) is 28.2 Å². The van der Waals surface area contributed by atoms with Gasteiger partial charge in [-0.05, 0) is 35.4 Å². The Morgan fingerprint density at radius 2 is 1.29 bits per heavy atom. The molecule has 1 aliphatic heterocycles. The number of anilines is 1. The fourth-order valence-electron chi connectivity index (χ4n) is 4.12. The third kappa shape index (κ3) is 3.78. The predicted octanol–water partition coefficient (Wildman–Crippen LogP) is 6.60. The molecular formula is C28H22N2O. The molecule has 0 saturated heterocycles. The normalized spacial score (nSPS) is 15.5. The second-order valence-corrected chi connectivity index (χ2v) is 7.59. The predicted molar refractivity (Wildman–Crippen MR) is 126 cm³/mol. The van der Waals surface area contributed by atoms with Gasteiger partial charge >= 0.3 is 0 Å². The fourth-order valence-corrected chi connectivity index (χ4v) is 4.12. The number of aliphatic imine (C=N–C) groups is 1. The second-order valence-electron chi connectivity index (χ2n) is 7.59. The van der Waals surface area contributed by atoms with Gasteiger partial charge in [0.15, 0.2) is 0 Å². The molecule has 1 amide bonds. The third-order valence-electron chi connectivity index (χ3n) is 5.63. The highest BCUT2D eigenvalue weighted by molar-refractivity contribution is 6.11. The van der Waals surface area contributed by atoms with E-state index in [9.17, 15) is 4.79 Å². The summed E-state index contributed by atoms with van der Waals surface area (Å²) in [6.45, 7) is 0. The number of benzene rings is 4. The van der Waals surface area contributed by atoms with E-state index in [1.165, 1.54) is 0 Å². The van der Waals surface area contributed by atoms with E-state index in [1.54, 1.807) is 0 Å². The van der Waals surface area contributed by atoms with Crippen molar-refractivity contribution in [2.75, 3.05) is 4.90 Å². The maximum atomic E-state index is 13.8. The van der Waals surface area contributed by atoms with Crippen LogP contribution in [0.25, 0.3) is 0 Å². The first kappa shape index (κ1) is 19.0. The Morgan fingerprint density at radius 1 is 0.710 bits per heavy atom. The summed E-state index contributed by atoms with van der Waals surface area (Å²) in [5, 5.41) is 0. The van der Waals surface area contributed by atoms with Gasteiger partial charge in [-0.15, -0.1) is 0 Å². The van der Waals surface area contributed by atoms with Crippen LogP contribution in [0.15, 0.2) is 120 Å². The van der Waals surface area contributed by atoms with Crippen molar-refractivity contribution in [2.45, 2.75) is 12.5 Å². The number of hydrogen-bond donors (Lipinski definition) is 0. The number of hydrogen-bond acceptors (Lipinski definition) is 2. The quantitative estimate of drug-likeness (QED) is 0.380. The van der Waals surface area contributed by atoms with Crippen molar-refractivity contribution >= 4 is 23.0 Å². The SMILES string of the molecule is O=C(c1ccccc1)N1c2ccccc2N=C(c2ccccc2)C[C@@H]1c1ccccc1. The molecule has 0 aromatic heterocycles. The molecule has 0 radical (unpaired) electrons. The molecule has 0 N–H and O–H groups in total. The Kier molecular flexibility index (Phi) is 5.16. The number of carbonyl (C=O) groups excluding carboxylic acids is 1. The molecule has 1 heterocycles. The summed E-state index contributed by atoms with van der Waals surface area (Å²) in [7, 11) is 0. The molecular weight excluding hydrogens is 380 g/mol. The first-order valence-corrected chi connectivity index (χ1v) is 10.5. The largest absolute Gasteiger partial charge is 0.298 e. The Bertz CT molecular complexity index is 1220. The van der Waals surface area contributed by atoms with E-state index in [0.29, 0.717) is 12.0 Å². The van der Waals surface area contributed by atoms with E-state index in [4.69, 9.17) is 4.99 Å². The van der Waals surface area contributed by atoms with Crippen LogP contribution in [-0.4, -0.2) is 11.6 Å². The van der Waals surface area contributed by atoms with E-state index >= 15 is 0 Å². The molecule has 0 fully saturated rings. The first-order chi connectivity index (χ1) is 15.3.